The fourth-order valence-electron chi connectivity index (χ4n) is 7.06. The molecule has 0 amide bonds. The van der Waals surface area contributed by atoms with Crippen molar-refractivity contribution in [3.05, 3.63) is 84.3 Å². The summed E-state index contributed by atoms with van der Waals surface area (Å²) in [6, 6.07) is 19.3. The molecule has 2 unspecified atom stereocenters. The highest BCUT2D eigenvalue weighted by Crippen LogP contribution is 2.40. The Morgan fingerprint density at radius 1 is 0.922 bits per heavy atom. The van der Waals surface area contributed by atoms with Crippen LogP contribution < -0.4 is 25.0 Å². The highest BCUT2D eigenvalue weighted by Gasteiger charge is 2.41. The third kappa shape index (κ3) is 7.74. The zero-order valence-electron chi connectivity index (χ0n) is 30.8. The molecule has 3 aliphatic rings. The Labute approximate surface area is 303 Å². The smallest absolute Gasteiger partial charge is 0.215 e. The quantitative estimate of drug-likeness (QED) is 0.156. The molecule has 3 fully saturated rings. The van der Waals surface area contributed by atoms with Crippen molar-refractivity contribution in [3.63, 3.8) is 0 Å². The molecule has 2 bridgehead atoms. The minimum absolute atomic E-state index is 0.0759. The zero-order chi connectivity index (χ0) is 35.8. The van der Waals surface area contributed by atoms with E-state index in [-0.39, 0.29) is 17.2 Å². The highest BCUT2D eigenvalue weighted by molar-refractivity contribution is 6.74. The lowest BCUT2D eigenvalue weighted by atomic mass is 9.92. The van der Waals surface area contributed by atoms with Gasteiger partial charge in [0.15, 0.2) is 14.1 Å². The number of nitrogens with two attached hydrogens (primary N) is 1. The number of nitrogen functional groups attached to an aromatic ring is 1. The van der Waals surface area contributed by atoms with Crippen LogP contribution in [-0.2, 0) is 4.43 Å². The summed E-state index contributed by atoms with van der Waals surface area (Å²) in [6.45, 7) is 15.7. The number of fused-ring (bicyclic) bond motifs is 2. The van der Waals surface area contributed by atoms with E-state index in [1.165, 1.54) is 5.56 Å². The molecule has 0 spiro atoms. The molecule has 268 valence electrons. The third-order valence-corrected chi connectivity index (χ3v) is 15.6. The van der Waals surface area contributed by atoms with E-state index in [1.54, 1.807) is 6.20 Å². The molecule has 1 aliphatic carbocycles. The molecule has 3 aromatic heterocycles. The average Bonchev–Trinajstić information content (AvgIpc) is 3.35. The van der Waals surface area contributed by atoms with Gasteiger partial charge in [-0.1, -0.05) is 51.1 Å². The predicted octanol–water partition coefficient (Wildman–Crippen LogP) is 7.71. The summed E-state index contributed by atoms with van der Waals surface area (Å²) in [4.78, 5) is 14.1. The van der Waals surface area contributed by atoms with Crippen LogP contribution in [0.2, 0.25) is 18.1 Å². The minimum Gasteiger partial charge on any atom is -0.489 e. The van der Waals surface area contributed by atoms with Crippen LogP contribution in [-0.4, -0.2) is 72.5 Å². The van der Waals surface area contributed by atoms with Gasteiger partial charge in [-0.05, 0) is 73.8 Å². The summed E-state index contributed by atoms with van der Waals surface area (Å²) < 4.78 is 18.8. The molecule has 4 aromatic rings. The minimum atomic E-state index is -1.76. The first-order chi connectivity index (χ1) is 24.4. The third-order valence-electron chi connectivity index (χ3n) is 11.1. The van der Waals surface area contributed by atoms with Gasteiger partial charge in [0.2, 0.25) is 5.88 Å². The van der Waals surface area contributed by atoms with E-state index in [4.69, 9.17) is 19.6 Å². The standard InChI is InChI=1S/C40H51N7O3Si/c1-27-10-7-8-12-35(27)36-23-37(39(41)45-44-36)46-25-30-14-15-31(26-46)47(30)29-17-18-42-38(20-29)50-34-21-33(22-34)49-32-16-13-28(43-24-32)11-9-19-48-51(5,6)40(2,3)4/h7-13,16-18,20,23-24,30-31,33-34H,14-15,19,21-22,25-26H2,1-6H3,(H2,41,45)/b11-9+. The molecular weight excluding hydrogens is 655 g/mol. The van der Waals surface area contributed by atoms with E-state index in [2.05, 4.69) is 101 Å². The number of anilines is 3. The molecule has 10 nitrogen and oxygen atoms in total. The van der Waals surface area contributed by atoms with Crippen molar-refractivity contribution in [2.75, 3.05) is 35.2 Å². The number of hydrogen-bond acceptors (Lipinski definition) is 10. The van der Waals surface area contributed by atoms with Crippen LogP contribution in [0.25, 0.3) is 17.3 Å². The van der Waals surface area contributed by atoms with Gasteiger partial charge in [0.05, 0.1) is 29.9 Å². The molecule has 2 atom stereocenters. The van der Waals surface area contributed by atoms with Crippen LogP contribution >= 0.6 is 0 Å². The Balaban J connectivity index is 0.904. The second-order valence-electron chi connectivity index (χ2n) is 15.7. The molecule has 1 saturated carbocycles. The molecule has 2 N–H and O–H groups in total. The topological polar surface area (TPSA) is 112 Å². The largest absolute Gasteiger partial charge is 0.489 e. The summed E-state index contributed by atoms with van der Waals surface area (Å²) >= 11 is 0. The second kappa shape index (κ2) is 14.3. The predicted molar refractivity (Wildman–Crippen MR) is 207 cm³/mol. The maximum absolute atomic E-state index is 6.41. The Morgan fingerprint density at radius 2 is 1.67 bits per heavy atom. The van der Waals surface area contributed by atoms with Gasteiger partial charge in [-0.3, -0.25) is 4.98 Å². The number of ether oxygens (including phenoxy) is 2. The molecule has 2 aliphatic heterocycles. The van der Waals surface area contributed by atoms with Crippen molar-refractivity contribution >= 4 is 31.6 Å². The molecule has 2 saturated heterocycles. The van der Waals surface area contributed by atoms with Crippen LogP contribution in [0.15, 0.2) is 73.1 Å². The van der Waals surface area contributed by atoms with Gasteiger partial charge in [0, 0.05) is 61.5 Å². The fourth-order valence-corrected chi connectivity index (χ4v) is 8.00. The van der Waals surface area contributed by atoms with Gasteiger partial charge in [-0.2, -0.15) is 0 Å². The maximum Gasteiger partial charge on any atom is 0.215 e. The van der Waals surface area contributed by atoms with Crippen molar-refractivity contribution in [3.8, 4) is 22.9 Å². The Hall–Kier alpha value is -4.48. The van der Waals surface area contributed by atoms with Crippen molar-refractivity contribution in [1.29, 1.82) is 0 Å². The Bertz CT molecular complexity index is 1840. The Kier molecular flexibility index (Phi) is 9.77. The number of aryl methyl sites for hydroxylation is 1. The molecule has 0 radical (unpaired) electrons. The van der Waals surface area contributed by atoms with Gasteiger partial charge >= 0.3 is 0 Å². The van der Waals surface area contributed by atoms with Crippen LogP contribution in [0.1, 0.15) is 57.7 Å². The first-order valence-electron chi connectivity index (χ1n) is 18.2. The molecule has 11 heteroatoms. The fraction of sp³-hybridized carbons (Fsp3) is 0.450. The number of hydrogen-bond donors (Lipinski definition) is 1. The van der Waals surface area contributed by atoms with Crippen molar-refractivity contribution < 1.29 is 13.9 Å². The first-order valence-corrected chi connectivity index (χ1v) is 21.1. The first kappa shape index (κ1) is 34.9. The van der Waals surface area contributed by atoms with E-state index >= 15 is 0 Å². The number of aromatic nitrogens is 4. The summed E-state index contributed by atoms with van der Waals surface area (Å²) in [7, 11) is -1.76. The van der Waals surface area contributed by atoms with Gasteiger partial charge in [0.1, 0.15) is 18.0 Å². The molecule has 51 heavy (non-hydrogen) atoms. The molecule has 5 heterocycles. The maximum atomic E-state index is 6.41. The van der Waals surface area contributed by atoms with E-state index in [0.29, 0.717) is 30.4 Å². The van der Waals surface area contributed by atoms with E-state index in [9.17, 15) is 0 Å². The van der Waals surface area contributed by atoms with Gasteiger partial charge in [-0.25, -0.2) is 4.98 Å². The van der Waals surface area contributed by atoms with Crippen LogP contribution in [0.5, 0.6) is 11.6 Å². The zero-order valence-corrected chi connectivity index (χ0v) is 31.8. The summed E-state index contributed by atoms with van der Waals surface area (Å²) in [5, 5.41) is 8.99. The number of pyridine rings is 2. The monoisotopic (exact) mass is 705 g/mol. The van der Waals surface area contributed by atoms with Crippen LogP contribution in [0, 0.1) is 6.92 Å². The van der Waals surface area contributed by atoms with Crippen molar-refractivity contribution in [1.82, 2.24) is 20.2 Å². The lowest BCUT2D eigenvalue weighted by Crippen LogP contribution is -2.54. The lowest BCUT2D eigenvalue weighted by molar-refractivity contribution is 0.00210. The van der Waals surface area contributed by atoms with Gasteiger partial charge in [-0.15, -0.1) is 10.2 Å². The molecule has 1 aromatic carbocycles. The van der Waals surface area contributed by atoms with Gasteiger partial charge in [0.25, 0.3) is 0 Å². The number of nitrogens with zero attached hydrogens (tertiary/aromatic N) is 6. The van der Waals surface area contributed by atoms with Crippen molar-refractivity contribution in [2.45, 2.75) is 95.8 Å². The highest BCUT2D eigenvalue weighted by atomic mass is 28.4. The second-order valence-corrected chi connectivity index (χ2v) is 20.5. The molecular formula is C40H51N7O3Si. The van der Waals surface area contributed by atoms with E-state index in [0.717, 1.165) is 72.8 Å². The van der Waals surface area contributed by atoms with Crippen LogP contribution in [0.3, 0.4) is 0 Å². The number of rotatable bonds is 11. The lowest BCUT2D eigenvalue weighted by Gasteiger charge is -2.43. The summed E-state index contributed by atoms with van der Waals surface area (Å²) in [5.41, 5.74) is 12.5. The van der Waals surface area contributed by atoms with Gasteiger partial charge < -0.3 is 29.4 Å². The Morgan fingerprint density at radius 3 is 2.37 bits per heavy atom. The number of benzene rings is 1. The summed E-state index contributed by atoms with van der Waals surface area (Å²) in [5.74, 6) is 1.92. The molecule has 7 rings (SSSR count). The summed E-state index contributed by atoms with van der Waals surface area (Å²) in [6.07, 6.45) is 11.8. The van der Waals surface area contributed by atoms with Crippen LogP contribution in [0.4, 0.5) is 17.2 Å². The average molecular weight is 706 g/mol. The van der Waals surface area contributed by atoms with E-state index < -0.39 is 8.32 Å². The van der Waals surface area contributed by atoms with Crippen molar-refractivity contribution in [2.24, 2.45) is 0 Å². The SMILES string of the molecule is Cc1ccccc1-c1cc(N2CC3CCC(C2)N3c2ccnc(OC3CC(Oc4ccc(/C=C/CO[Si](C)(C)C(C)(C)C)nc4)C3)c2)c(N)nn1. The van der Waals surface area contributed by atoms with E-state index in [1.807, 2.05) is 42.6 Å². The normalized spacial score (nSPS) is 21.9. The number of piperazine rings is 1.